The molecular weight excluding hydrogens is 352 g/mol. The van der Waals surface area contributed by atoms with Crippen LogP contribution in [0.1, 0.15) is 47.0 Å². The summed E-state index contributed by atoms with van der Waals surface area (Å²) >= 11 is 0. The van der Waals surface area contributed by atoms with Gasteiger partial charge in [0, 0.05) is 6.54 Å². The molecule has 1 fully saturated rings. The maximum absolute atomic E-state index is 12.5. The van der Waals surface area contributed by atoms with Gasteiger partial charge in [-0.1, -0.05) is 27.7 Å². The molecular formula is C18H32N4O5. The first kappa shape index (κ1) is 22.9. The van der Waals surface area contributed by atoms with E-state index in [0.717, 1.165) is 0 Å². The number of hydrogen-bond donors (Lipinski definition) is 4. The number of aliphatic carboxylic acids is 1. The molecule has 1 aliphatic rings. The van der Waals surface area contributed by atoms with E-state index in [4.69, 9.17) is 10.8 Å². The van der Waals surface area contributed by atoms with Gasteiger partial charge < -0.3 is 26.4 Å². The Morgan fingerprint density at radius 3 is 2.33 bits per heavy atom. The second-order valence-electron chi connectivity index (χ2n) is 7.77. The fourth-order valence-electron chi connectivity index (χ4n) is 3.15. The highest BCUT2D eigenvalue weighted by Gasteiger charge is 2.36. The molecule has 1 saturated heterocycles. The van der Waals surface area contributed by atoms with E-state index in [9.17, 15) is 19.2 Å². The van der Waals surface area contributed by atoms with Crippen molar-refractivity contribution in [3.63, 3.8) is 0 Å². The summed E-state index contributed by atoms with van der Waals surface area (Å²) in [4.78, 5) is 49.5. The van der Waals surface area contributed by atoms with Crippen molar-refractivity contribution < 1.29 is 24.3 Å². The van der Waals surface area contributed by atoms with Gasteiger partial charge in [0.2, 0.25) is 17.7 Å². The molecule has 0 aromatic carbocycles. The lowest BCUT2D eigenvalue weighted by atomic mass is 10.0. The first-order valence-electron chi connectivity index (χ1n) is 9.40. The van der Waals surface area contributed by atoms with Gasteiger partial charge in [0.15, 0.2) is 0 Å². The number of carbonyl (C=O) groups is 4. The van der Waals surface area contributed by atoms with Gasteiger partial charge in [-0.15, -0.1) is 0 Å². The van der Waals surface area contributed by atoms with Crippen molar-refractivity contribution in [2.24, 2.45) is 17.6 Å². The molecule has 9 heteroatoms. The molecule has 0 saturated carbocycles. The van der Waals surface area contributed by atoms with Crippen molar-refractivity contribution in [3.8, 4) is 0 Å². The van der Waals surface area contributed by atoms with Crippen LogP contribution in [-0.4, -0.2) is 64.9 Å². The maximum atomic E-state index is 12.5. The van der Waals surface area contributed by atoms with Crippen LogP contribution in [0.2, 0.25) is 0 Å². The summed E-state index contributed by atoms with van der Waals surface area (Å²) in [5, 5.41) is 14.0. The SMILES string of the molecule is CC(C)CC(N)C(=O)N1CCCC1C(=O)NCC(=O)NC(C(=O)O)C(C)C. The minimum Gasteiger partial charge on any atom is -0.480 e. The fraction of sp³-hybridized carbons (Fsp3) is 0.778. The van der Waals surface area contributed by atoms with Gasteiger partial charge in [-0.05, 0) is 31.1 Å². The second kappa shape index (κ2) is 10.2. The molecule has 0 spiro atoms. The average Bonchev–Trinajstić information content (AvgIpc) is 3.05. The van der Waals surface area contributed by atoms with Crippen molar-refractivity contribution in [1.82, 2.24) is 15.5 Å². The number of nitrogens with two attached hydrogens (primary N) is 1. The number of nitrogens with one attached hydrogen (secondary N) is 2. The van der Waals surface area contributed by atoms with Gasteiger partial charge in [-0.3, -0.25) is 14.4 Å². The molecule has 0 bridgehead atoms. The minimum atomic E-state index is -1.13. The molecule has 154 valence electrons. The Labute approximate surface area is 160 Å². The van der Waals surface area contributed by atoms with Gasteiger partial charge in [0.05, 0.1) is 12.6 Å². The third-order valence-corrected chi connectivity index (χ3v) is 4.55. The van der Waals surface area contributed by atoms with E-state index in [-0.39, 0.29) is 24.3 Å². The predicted molar refractivity (Wildman–Crippen MR) is 99.6 cm³/mol. The summed E-state index contributed by atoms with van der Waals surface area (Å²) in [6, 6.07) is -2.32. The van der Waals surface area contributed by atoms with Crippen LogP contribution in [0.3, 0.4) is 0 Å². The summed E-state index contributed by atoms with van der Waals surface area (Å²) in [6.45, 7) is 7.43. The van der Waals surface area contributed by atoms with Crippen molar-refractivity contribution in [2.75, 3.05) is 13.1 Å². The Hall–Kier alpha value is -2.16. The molecule has 3 atom stereocenters. The molecule has 0 radical (unpaired) electrons. The molecule has 0 aliphatic carbocycles. The first-order valence-corrected chi connectivity index (χ1v) is 9.40. The summed E-state index contributed by atoms with van der Waals surface area (Å²) in [6.07, 6.45) is 1.74. The smallest absolute Gasteiger partial charge is 0.326 e. The number of carboxylic acids is 1. The largest absolute Gasteiger partial charge is 0.480 e. The lowest BCUT2D eigenvalue weighted by Gasteiger charge is -2.27. The Balaban J connectivity index is 2.59. The van der Waals surface area contributed by atoms with Gasteiger partial charge in [-0.25, -0.2) is 4.79 Å². The van der Waals surface area contributed by atoms with Gasteiger partial charge in [0.25, 0.3) is 0 Å². The second-order valence-corrected chi connectivity index (χ2v) is 7.77. The van der Waals surface area contributed by atoms with E-state index >= 15 is 0 Å². The number of rotatable bonds is 9. The minimum absolute atomic E-state index is 0.253. The topological polar surface area (TPSA) is 142 Å². The number of hydrogen-bond acceptors (Lipinski definition) is 5. The Morgan fingerprint density at radius 1 is 1.19 bits per heavy atom. The van der Waals surface area contributed by atoms with E-state index in [1.54, 1.807) is 13.8 Å². The normalized spacial score (nSPS) is 19.1. The van der Waals surface area contributed by atoms with Crippen LogP contribution < -0.4 is 16.4 Å². The summed E-state index contributed by atoms with van der Waals surface area (Å²) in [7, 11) is 0. The zero-order valence-electron chi connectivity index (χ0n) is 16.5. The maximum Gasteiger partial charge on any atom is 0.326 e. The molecule has 1 rings (SSSR count). The van der Waals surface area contributed by atoms with E-state index < -0.39 is 35.9 Å². The standard InChI is InChI=1S/C18H32N4O5/c1-10(2)8-12(19)17(25)22-7-5-6-13(22)16(24)20-9-14(23)21-15(11(3)4)18(26)27/h10-13,15H,5-9,19H2,1-4H3,(H,20,24)(H,21,23)(H,26,27). The number of carbonyl (C=O) groups excluding carboxylic acids is 3. The number of carboxylic acid groups (broad SMARTS) is 1. The van der Waals surface area contributed by atoms with Crippen LogP contribution in [0.4, 0.5) is 0 Å². The molecule has 3 unspecified atom stereocenters. The Morgan fingerprint density at radius 2 is 1.81 bits per heavy atom. The van der Waals surface area contributed by atoms with E-state index in [2.05, 4.69) is 10.6 Å². The van der Waals surface area contributed by atoms with E-state index in [1.165, 1.54) is 4.90 Å². The number of amides is 3. The molecule has 3 amide bonds. The predicted octanol–water partition coefficient (Wildman–Crippen LogP) is -0.308. The lowest BCUT2D eigenvalue weighted by Crippen LogP contribution is -2.53. The van der Waals surface area contributed by atoms with Crippen molar-refractivity contribution in [3.05, 3.63) is 0 Å². The van der Waals surface area contributed by atoms with Crippen molar-refractivity contribution >= 4 is 23.7 Å². The monoisotopic (exact) mass is 384 g/mol. The zero-order chi connectivity index (χ0) is 20.7. The van der Waals surface area contributed by atoms with Crippen molar-refractivity contribution in [1.29, 1.82) is 0 Å². The summed E-state index contributed by atoms with van der Waals surface area (Å²) in [5.41, 5.74) is 5.95. The van der Waals surface area contributed by atoms with Gasteiger partial charge in [0.1, 0.15) is 12.1 Å². The molecule has 27 heavy (non-hydrogen) atoms. The van der Waals surface area contributed by atoms with Crippen molar-refractivity contribution in [2.45, 2.75) is 65.1 Å². The number of nitrogens with zero attached hydrogens (tertiary/aromatic N) is 1. The number of likely N-dealkylation sites (tertiary alicyclic amines) is 1. The third-order valence-electron chi connectivity index (χ3n) is 4.55. The first-order chi connectivity index (χ1) is 12.5. The van der Waals surface area contributed by atoms with Gasteiger partial charge >= 0.3 is 5.97 Å². The van der Waals surface area contributed by atoms with Crippen LogP contribution in [0.25, 0.3) is 0 Å². The molecule has 9 nitrogen and oxygen atoms in total. The van der Waals surface area contributed by atoms with Gasteiger partial charge in [-0.2, -0.15) is 0 Å². The Kier molecular flexibility index (Phi) is 8.68. The molecule has 0 aromatic rings. The summed E-state index contributed by atoms with van der Waals surface area (Å²) in [5.74, 6) is -2.41. The van der Waals surface area contributed by atoms with Crippen LogP contribution in [0.15, 0.2) is 0 Å². The van der Waals surface area contributed by atoms with Crippen LogP contribution >= 0.6 is 0 Å². The van der Waals surface area contributed by atoms with Crippen LogP contribution in [0, 0.1) is 11.8 Å². The Bertz CT molecular complexity index is 564. The highest BCUT2D eigenvalue weighted by Crippen LogP contribution is 2.19. The fourth-order valence-corrected chi connectivity index (χ4v) is 3.15. The molecule has 1 heterocycles. The third kappa shape index (κ3) is 6.82. The summed E-state index contributed by atoms with van der Waals surface area (Å²) < 4.78 is 0. The van der Waals surface area contributed by atoms with E-state index in [0.29, 0.717) is 25.8 Å². The average molecular weight is 384 g/mol. The zero-order valence-corrected chi connectivity index (χ0v) is 16.5. The lowest BCUT2D eigenvalue weighted by molar-refractivity contribution is -0.143. The quantitative estimate of drug-likeness (QED) is 0.430. The molecule has 0 aromatic heterocycles. The van der Waals surface area contributed by atoms with E-state index in [1.807, 2.05) is 13.8 Å². The van der Waals surface area contributed by atoms with Crippen LogP contribution in [-0.2, 0) is 19.2 Å². The molecule has 5 N–H and O–H groups in total. The highest BCUT2D eigenvalue weighted by molar-refractivity contribution is 5.93. The van der Waals surface area contributed by atoms with Crippen LogP contribution in [0.5, 0.6) is 0 Å². The highest BCUT2D eigenvalue weighted by atomic mass is 16.4. The molecule has 1 aliphatic heterocycles.